The summed E-state index contributed by atoms with van der Waals surface area (Å²) in [6, 6.07) is 0. The van der Waals surface area contributed by atoms with E-state index in [9.17, 15) is 0 Å². The average molecular weight is 388 g/mol. The van der Waals surface area contributed by atoms with Gasteiger partial charge in [0, 0.05) is 39.1 Å². The van der Waals surface area contributed by atoms with Crippen LogP contribution in [0.5, 0.6) is 0 Å². The van der Waals surface area contributed by atoms with Crippen LogP contribution in [0.15, 0.2) is 0 Å². The number of hydrogen-bond acceptors (Lipinski definition) is 2. The largest absolute Gasteiger partial charge is 1.00 e. The molecule has 0 amide bonds. The Balaban J connectivity index is -0.0000000594. The van der Waals surface area contributed by atoms with Gasteiger partial charge < -0.3 is 11.6 Å². The maximum absolute atomic E-state index is 4.81. The molecule has 0 unspecified atom stereocenters. The maximum Gasteiger partial charge on any atom is 1.00 e. The fourth-order valence-corrected chi connectivity index (χ4v) is 1.62. The van der Waals surface area contributed by atoms with E-state index in [2.05, 4.69) is 63.6 Å². The second kappa shape index (κ2) is 21.4. The van der Waals surface area contributed by atoms with Crippen molar-refractivity contribution in [3.63, 3.8) is 0 Å². The molecule has 0 aliphatic carbocycles. The molecule has 8 heteroatoms. The molecule has 18 heavy (non-hydrogen) atoms. The Kier molecular flexibility index (Phi) is 33.6. The number of unbranched alkanes of at least 4 members (excludes halogenated alkanes) is 1. The number of nitrogens with zero attached hydrogens (tertiary/aromatic N) is 1. The summed E-state index contributed by atoms with van der Waals surface area (Å²) in [5.74, 6) is 0. The van der Waals surface area contributed by atoms with E-state index in [4.69, 9.17) is 12.2 Å². The summed E-state index contributed by atoms with van der Waals surface area (Å²) < 4.78 is 1.29. The van der Waals surface area contributed by atoms with Crippen molar-refractivity contribution in [2.75, 3.05) is 19.6 Å². The van der Waals surface area contributed by atoms with Gasteiger partial charge >= 0.3 is 29.6 Å². The number of rotatable bonds is 5. The van der Waals surface area contributed by atoms with E-state index in [-0.39, 0.29) is 50.5 Å². The van der Waals surface area contributed by atoms with E-state index < -0.39 is 0 Å². The Morgan fingerprint density at radius 2 is 1.61 bits per heavy atom. The van der Waals surface area contributed by atoms with Crippen LogP contribution >= 0.6 is 49.7 Å². The van der Waals surface area contributed by atoms with Crippen molar-refractivity contribution in [1.29, 1.82) is 0 Å². The maximum atomic E-state index is 4.81. The van der Waals surface area contributed by atoms with Crippen LogP contribution in [0, 0.1) is 0 Å². The first-order chi connectivity index (χ1) is 7.49. The molecule has 100 valence electrons. The summed E-state index contributed by atoms with van der Waals surface area (Å²) in [6.45, 7) is 9.14. The van der Waals surface area contributed by atoms with Gasteiger partial charge in [-0.15, -0.1) is 25.3 Å². The van der Waals surface area contributed by atoms with E-state index in [1.54, 1.807) is 0 Å². The molecule has 0 heterocycles. The van der Waals surface area contributed by atoms with E-state index in [0.29, 0.717) is 8.64 Å². The summed E-state index contributed by atoms with van der Waals surface area (Å²) >= 11 is 17.4. The third kappa shape index (κ3) is 23.2. The number of nitrogens with one attached hydrogen (secondary N) is 1. The van der Waals surface area contributed by atoms with Gasteiger partial charge in [0.1, 0.15) is 8.64 Å². The van der Waals surface area contributed by atoms with Gasteiger partial charge in [-0.3, -0.25) is 0 Å². The fourth-order valence-electron chi connectivity index (χ4n) is 0.866. The van der Waals surface area contributed by atoms with E-state index in [0.717, 1.165) is 19.6 Å². The molecule has 0 bridgehead atoms. The molecule has 0 atom stereocenters. The Morgan fingerprint density at radius 3 is 1.78 bits per heavy atom. The zero-order valence-electron chi connectivity index (χ0n) is 12.9. The number of hydrogen-bond donors (Lipinski definition) is 3. The zero-order chi connectivity index (χ0) is 13.0. The number of thiol groups is 2. The van der Waals surface area contributed by atoms with Gasteiger partial charge in [0.2, 0.25) is 0 Å². The van der Waals surface area contributed by atoms with Crippen molar-refractivity contribution < 1.29 is 50.5 Å². The van der Waals surface area contributed by atoms with Crippen LogP contribution < -0.4 is 34.9 Å². The second-order valence-corrected chi connectivity index (χ2v) is 5.31. The van der Waals surface area contributed by atoms with Crippen LogP contribution in [0.25, 0.3) is 0 Å². The fraction of sp³-hybridized carbons (Fsp3) is 0.800. The third-order valence-electron chi connectivity index (χ3n) is 1.84. The molecule has 0 radical (unpaired) electrons. The molecule has 0 aromatic carbocycles. The van der Waals surface area contributed by atoms with Gasteiger partial charge in [0.05, 0.1) is 0 Å². The van der Waals surface area contributed by atoms with Gasteiger partial charge in [-0.2, -0.15) is 0 Å². The van der Waals surface area contributed by atoms with Crippen LogP contribution in [0.3, 0.4) is 0 Å². The van der Waals surface area contributed by atoms with E-state index in [1.807, 2.05) is 4.90 Å². The van der Waals surface area contributed by atoms with Crippen LogP contribution in [0.2, 0.25) is 0 Å². The first-order valence-electron chi connectivity index (χ1n) is 5.44. The van der Waals surface area contributed by atoms with Crippen LogP contribution in [0.4, 0.5) is 0 Å². The third-order valence-corrected chi connectivity index (χ3v) is 2.68. The van der Waals surface area contributed by atoms with Crippen molar-refractivity contribution >= 4 is 58.3 Å². The SMILES string of the molecule is CCCCNC(=S)S.CCN(CC)C(=S)S.[H-].[Na+].[Zn]. The summed E-state index contributed by atoms with van der Waals surface area (Å²) in [5, 5.41) is 2.94. The van der Waals surface area contributed by atoms with E-state index >= 15 is 0 Å². The van der Waals surface area contributed by atoms with Gasteiger partial charge in [0.15, 0.2) is 0 Å². The number of thiocarbonyl (C=S) groups is 2. The first-order valence-corrected chi connectivity index (χ1v) is 7.15. The quantitative estimate of drug-likeness (QED) is 0.271. The van der Waals surface area contributed by atoms with Gasteiger partial charge in [0.25, 0.3) is 0 Å². The predicted molar refractivity (Wildman–Crippen MR) is 90.1 cm³/mol. The topological polar surface area (TPSA) is 15.3 Å². The molecule has 2 nitrogen and oxygen atoms in total. The molecule has 0 saturated carbocycles. The monoisotopic (exact) mass is 386 g/mol. The first kappa shape index (κ1) is 28.3. The van der Waals surface area contributed by atoms with Crippen molar-refractivity contribution in [2.24, 2.45) is 0 Å². The summed E-state index contributed by atoms with van der Waals surface area (Å²) in [6.07, 6.45) is 2.37. The molecule has 0 aliphatic rings. The molecule has 0 aromatic rings. The minimum atomic E-state index is 0. The molecule has 0 saturated heterocycles. The minimum absolute atomic E-state index is 0. The van der Waals surface area contributed by atoms with Gasteiger partial charge in [-0.1, -0.05) is 37.8 Å². The molecule has 1 N–H and O–H groups in total. The molecule has 0 aromatic heterocycles. The van der Waals surface area contributed by atoms with Crippen LogP contribution in [-0.4, -0.2) is 33.2 Å². The van der Waals surface area contributed by atoms with E-state index in [1.165, 1.54) is 12.8 Å². The normalized spacial score (nSPS) is 7.83. The Morgan fingerprint density at radius 1 is 1.17 bits per heavy atom. The molecule has 0 spiro atoms. The molecular formula is C10H23N2NaS4Zn. The predicted octanol–water partition coefficient (Wildman–Crippen LogP) is 0.248. The van der Waals surface area contributed by atoms with Crippen molar-refractivity contribution in [3.05, 3.63) is 0 Å². The van der Waals surface area contributed by atoms with Crippen molar-refractivity contribution in [2.45, 2.75) is 33.6 Å². The Bertz CT molecular complexity index is 210. The smallest absolute Gasteiger partial charge is 1.00 e. The minimum Gasteiger partial charge on any atom is -1.00 e. The Labute approximate surface area is 170 Å². The van der Waals surface area contributed by atoms with Crippen molar-refractivity contribution in [1.82, 2.24) is 10.2 Å². The van der Waals surface area contributed by atoms with Gasteiger partial charge in [-0.05, 0) is 20.3 Å². The van der Waals surface area contributed by atoms with Crippen LogP contribution in [-0.2, 0) is 19.5 Å². The molecule has 0 rings (SSSR count). The molecular weight excluding hydrogens is 365 g/mol. The van der Waals surface area contributed by atoms with Crippen molar-refractivity contribution in [3.8, 4) is 0 Å². The second-order valence-electron chi connectivity index (χ2n) is 3.04. The van der Waals surface area contributed by atoms with Crippen LogP contribution in [0.1, 0.15) is 35.0 Å². The average Bonchev–Trinajstić information content (AvgIpc) is 2.20. The summed E-state index contributed by atoms with van der Waals surface area (Å²) in [7, 11) is 0. The molecule has 0 fully saturated rings. The standard InChI is InChI=1S/2C5H11NS2.Na.Zn.H/c1-3-6(4-2)5(7)8;1-2-3-4-6-5(7)8;;;/h3-4H2,1-2H3,(H,7,8);2-4H2,1H3,(H2,6,7,8);;;/q;;+1;;-1. The molecule has 0 aliphatic heterocycles. The zero-order valence-corrected chi connectivity index (χ0v) is 20.3. The Hall–Kier alpha value is 2.10. The summed E-state index contributed by atoms with van der Waals surface area (Å²) in [5.41, 5.74) is 0. The van der Waals surface area contributed by atoms with Gasteiger partial charge in [-0.25, -0.2) is 0 Å². The summed E-state index contributed by atoms with van der Waals surface area (Å²) in [4.78, 5) is 2.01.